The lowest BCUT2D eigenvalue weighted by Gasteiger charge is -2.03. The van der Waals surface area contributed by atoms with Gasteiger partial charge in [-0.15, -0.1) is 0 Å². The predicted molar refractivity (Wildman–Crippen MR) is 96.5 cm³/mol. The fraction of sp³-hybridized carbons (Fsp3) is 0. The minimum atomic E-state index is 0.669. The van der Waals surface area contributed by atoms with Gasteiger partial charge in [-0.2, -0.15) is 5.10 Å². The molecule has 0 aliphatic carbocycles. The molecule has 3 nitrogen and oxygen atoms in total. The van der Waals surface area contributed by atoms with Crippen LogP contribution in [0.4, 0.5) is 0 Å². The van der Waals surface area contributed by atoms with Crippen LogP contribution in [0.3, 0.4) is 0 Å². The van der Waals surface area contributed by atoms with Crippen molar-refractivity contribution in [3.05, 3.63) is 83.5 Å². The van der Waals surface area contributed by atoms with Crippen molar-refractivity contribution in [1.82, 2.24) is 9.61 Å². The van der Waals surface area contributed by atoms with Crippen molar-refractivity contribution in [1.29, 1.82) is 0 Å². The molecule has 4 heteroatoms. The maximum atomic E-state index is 11.0. The Balaban J connectivity index is 1.78. The fourth-order valence-corrected chi connectivity index (χ4v) is 2.85. The van der Waals surface area contributed by atoms with E-state index in [4.69, 9.17) is 11.6 Å². The first-order chi connectivity index (χ1) is 11.7. The first-order valence-electron chi connectivity index (χ1n) is 7.54. The smallest absolute Gasteiger partial charge is 0.150 e. The summed E-state index contributed by atoms with van der Waals surface area (Å²) in [7, 11) is 0. The summed E-state index contributed by atoms with van der Waals surface area (Å²) in [5.74, 6) is 0. The van der Waals surface area contributed by atoms with Gasteiger partial charge in [-0.05, 0) is 47.5 Å². The van der Waals surface area contributed by atoms with Gasteiger partial charge in [0.2, 0.25) is 0 Å². The maximum absolute atomic E-state index is 11.0. The molecule has 2 aromatic carbocycles. The normalized spacial score (nSPS) is 10.9. The van der Waals surface area contributed by atoms with E-state index in [1.54, 1.807) is 6.07 Å². The molecule has 4 rings (SSSR count). The first-order valence-corrected chi connectivity index (χ1v) is 7.92. The molecule has 0 fully saturated rings. The van der Waals surface area contributed by atoms with Crippen LogP contribution in [-0.4, -0.2) is 15.9 Å². The SMILES string of the molecule is O=Cc1cccc(-c2ccn3nc(-c4ccc(Cl)cc4)cc3c2)c1. The molecule has 0 unspecified atom stereocenters. The average molecular weight is 333 g/mol. The third-order valence-corrected chi connectivity index (χ3v) is 4.21. The molecule has 0 radical (unpaired) electrons. The second-order valence-electron chi connectivity index (χ2n) is 5.56. The fourth-order valence-electron chi connectivity index (χ4n) is 2.73. The average Bonchev–Trinajstić information content (AvgIpc) is 3.05. The number of carbonyl (C=O) groups is 1. The molecular weight excluding hydrogens is 320 g/mol. The van der Waals surface area contributed by atoms with Gasteiger partial charge in [0.05, 0.1) is 11.2 Å². The highest BCUT2D eigenvalue weighted by Crippen LogP contribution is 2.25. The molecular formula is C20H13ClN2O. The van der Waals surface area contributed by atoms with Gasteiger partial charge in [-0.25, -0.2) is 4.52 Å². The van der Waals surface area contributed by atoms with Crippen LogP contribution in [0.2, 0.25) is 5.02 Å². The Bertz CT molecular complexity index is 1040. The second kappa shape index (κ2) is 5.95. The topological polar surface area (TPSA) is 34.4 Å². The highest BCUT2D eigenvalue weighted by Gasteiger charge is 2.06. The number of aromatic nitrogens is 2. The molecule has 0 spiro atoms. The maximum Gasteiger partial charge on any atom is 0.150 e. The Morgan fingerprint density at radius 3 is 2.46 bits per heavy atom. The number of nitrogens with zero attached hydrogens (tertiary/aromatic N) is 2. The highest BCUT2D eigenvalue weighted by molar-refractivity contribution is 6.30. The molecule has 0 saturated carbocycles. The third-order valence-electron chi connectivity index (χ3n) is 3.96. The summed E-state index contributed by atoms with van der Waals surface area (Å²) in [6.07, 6.45) is 2.79. The summed E-state index contributed by atoms with van der Waals surface area (Å²) in [5, 5.41) is 5.31. The van der Waals surface area contributed by atoms with Crippen LogP contribution in [0.25, 0.3) is 27.9 Å². The Kier molecular flexibility index (Phi) is 3.63. The molecule has 0 aliphatic rings. The van der Waals surface area contributed by atoms with Gasteiger partial charge in [-0.1, -0.05) is 41.9 Å². The standard InChI is InChI=1S/C20H13ClN2O/c21-18-6-4-15(5-7-18)20-12-19-11-17(8-9-23(19)22-20)16-3-1-2-14(10-16)13-24/h1-13H. The van der Waals surface area contributed by atoms with Crippen molar-refractivity contribution in [2.45, 2.75) is 0 Å². The zero-order chi connectivity index (χ0) is 16.5. The monoisotopic (exact) mass is 332 g/mol. The lowest BCUT2D eigenvalue weighted by Crippen LogP contribution is -1.88. The van der Waals surface area contributed by atoms with E-state index in [-0.39, 0.29) is 0 Å². The van der Waals surface area contributed by atoms with E-state index in [1.807, 2.05) is 65.3 Å². The van der Waals surface area contributed by atoms with E-state index in [9.17, 15) is 4.79 Å². The van der Waals surface area contributed by atoms with Crippen LogP contribution in [0.5, 0.6) is 0 Å². The quantitative estimate of drug-likeness (QED) is 0.487. The van der Waals surface area contributed by atoms with Gasteiger partial charge >= 0.3 is 0 Å². The van der Waals surface area contributed by atoms with Gasteiger partial charge in [0.15, 0.2) is 0 Å². The van der Waals surface area contributed by atoms with Crippen LogP contribution < -0.4 is 0 Å². The van der Waals surface area contributed by atoms with Crippen molar-refractivity contribution in [2.24, 2.45) is 0 Å². The number of rotatable bonds is 3. The van der Waals surface area contributed by atoms with Crippen LogP contribution in [0.15, 0.2) is 72.9 Å². The first kappa shape index (κ1) is 14.7. The molecule has 0 N–H and O–H groups in total. The molecule has 0 amide bonds. The number of pyridine rings is 1. The highest BCUT2D eigenvalue weighted by atomic mass is 35.5. The van der Waals surface area contributed by atoms with Gasteiger partial charge in [0.25, 0.3) is 0 Å². The lowest BCUT2D eigenvalue weighted by atomic mass is 10.0. The van der Waals surface area contributed by atoms with Gasteiger partial charge in [0, 0.05) is 22.3 Å². The third kappa shape index (κ3) is 2.70. The van der Waals surface area contributed by atoms with Crippen LogP contribution in [0.1, 0.15) is 10.4 Å². The number of fused-ring (bicyclic) bond motifs is 1. The van der Waals surface area contributed by atoms with E-state index in [0.717, 1.165) is 34.2 Å². The summed E-state index contributed by atoms with van der Waals surface area (Å²) >= 11 is 5.94. The molecule has 0 aliphatic heterocycles. The number of carbonyl (C=O) groups excluding carboxylic acids is 1. The van der Waals surface area contributed by atoms with Crippen molar-refractivity contribution in [3.63, 3.8) is 0 Å². The lowest BCUT2D eigenvalue weighted by molar-refractivity contribution is 0.112. The van der Waals surface area contributed by atoms with Crippen molar-refractivity contribution < 1.29 is 4.79 Å². The molecule has 24 heavy (non-hydrogen) atoms. The summed E-state index contributed by atoms with van der Waals surface area (Å²) in [6, 6.07) is 21.3. The van der Waals surface area contributed by atoms with Crippen LogP contribution >= 0.6 is 11.6 Å². The molecule has 4 aromatic rings. The molecule has 2 aromatic heterocycles. The second-order valence-corrected chi connectivity index (χ2v) is 6.00. The van der Waals surface area contributed by atoms with E-state index in [2.05, 4.69) is 11.2 Å². The Labute approximate surface area is 144 Å². The summed E-state index contributed by atoms with van der Waals surface area (Å²) in [5.41, 5.74) is 5.64. The largest absolute Gasteiger partial charge is 0.298 e. The van der Waals surface area contributed by atoms with Crippen molar-refractivity contribution in [2.75, 3.05) is 0 Å². The van der Waals surface area contributed by atoms with E-state index >= 15 is 0 Å². The number of hydrogen-bond acceptors (Lipinski definition) is 2. The molecule has 0 bridgehead atoms. The molecule has 116 valence electrons. The number of aldehydes is 1. The number of hydrogen-bond donors (Lipinski definition) is 0. The zero-order valence-corrected chi connectivity index (χ0v) is 13.4. The van der Waals surface area contributed by atoms with Crippen molar-refractivity contribution in [3.8, 4) is 22.4 Å². The number of halogens is 1. The minimum Gasteiger partial charge on any atom is -0.298 e. The molecule has 0 saturated heterocycles. The summed E-state index contributed by atoms with van der Waals surface area (Å²) in [6.45, 7) is 0. The molecule has 2 heterocycles. The molecule has 0 atom stereocenters. The Morgan fingerprint density at radius 1 is 0.875 bits per heavy atom. The van der Waals surface area contributed by atoms with Crippen LogP contribution in [0, 0.1) is 0 Å². The zero-order valence-electron chi connectivity index (χ0n) is 12.7. The minimum absolute atomic E-state index is 0.669. The van der Waals surface area contributed by atoms with E-state index < -0.39 is 0 Å². The van der Waals surface area contributed by atoms with Crippen LogP contribution in [-0.2, 0) is 0 Å². The van der Waals surface area contributed by atoms with Gasteiger partial charge < -0.3 is 0 Å². The number of benzene rings is 2. The Morgan fingerprint density at radius 2 is 1.67 bits per heavy atom. The van der Waals surface area contributed by atoms with Crippen molar-refractivity contribution >= 4 is 23.4 Å². The predicted octanol–water partition coefficient (Wildman–Crippen LogP) is 5.13. The van der Waals surface area contributed by atoms with E-state index in [1.165, 1.54) is 0 Å². The van der Waals surface area contributed by atoms with E-state index in [0.29, 0.717) is 10.6 Å². The summed E-state index contributed by atoms with van der Waals surface area (Å²) in [4.78, 5) is 11.0. The van der Waals surface area contributed by atoms with Gasteiger partial charge in [-0.3, -0.25) is 4.79 Å². The summed E-state index contributed by atoms with van der Waals surface area (Å²) < 4.78 is 1.84. The Hall–Kier alpha value is -2.91. The van der Waals surface area contributed by atoms with Gasteiger partial charge in [0.1, 0.15) is 6.29 Å².